The van der Waals surface area contributed by atoms with Crippen LogP contribution in [0, 0.1) is 0 Å². The molecule has 7 atom stereocenters. The molecule has 0 bridgehead atoms. The number of anilines is 3. The van der Waals surface area contributed by atoms with E-state index >= 15 is 0 Å². The minimum atomic E-state index is -0.955. The Hall–Kier alpha value is -5.51. The number of benzene rings is 6. The number of hydrogen-bond acceptors (Lipinski definition) is 7. The SMILES string of the molecule is CO[C@H]1CC(=O)C[C@@H](c2cccc(Br)c2)[C@]12C(=O)Nc1cc(Cl)ccc12.O=C1C=C[C@@]2(C(=O)Nc3cc(Cl)ccc32)[C@@H](c2cccc(Br)c2)C1.O=C1C=C[C@@]2(C(=O)Nc3cc(Cl)ccc32)[C@H](c2cccc(Br)c2)C1. The van der Waals surface area contributed by atoms with Gasteiger partial charge in [0.25, 0.3) is 0 Å². The largest absolute Gasteiger partial charge is 0.379 e. The Morgan fingerprint density at radius 3 is 1.28 bits per heavy atom. The van der Waals surface area contributed by atoms with E-state index in [2.05, 4.69) is 63.7 Å². The summed E-state index contributed by atoms with van der Waals surface area (Å²) in [4.78, 5) is 75.9. The van der Waals surface area contributed by atoms with Crippen LogP contribution in [0.3, 0.4) is 0 Å². The zero-order valence-electron chi connectivity index (χ0n) is 39.2. The van der Waals surface area contributed by atoms with Crippen molar-refractivity contribution in [1.29, 1.82) is 0 Å². The second kappa shape index (κ2) is 20.6. The van der Waals surface area contributed by atoms with Crippen LogP contribution in [-0.2, 0) is 49.7 Å². The Morgan fingerprint density at radius 2 is 0.865 bits per heavy atom. The summed E-state index contributed by atoms with van der Waals surface area (Å²) in [5.74, 6) is -1.04. The lowest BCUT2D eigenvalue weighted by Gasteiger charge is -2.44. The van der Waals surface area contributed by atoms with Gasteiger partial charge in [0.15, 0.2) is 11.6 Å². The van der Waals surface area contributed by atoms with Gasteiger partial charge in [0, 0.05) is 96.1 Å². The molecule has 16 heteroatoms. The summed E-state index contributed by atoms with van der Waals surface area (Å²) in [5.41, 5.74) is 4.84. The highest BCUT2D eigenvalue weighted by molar-refractivity contribution is 9.11. The van der Waals surface area contributed by atoms with E-state index in [1.54, 1.807) is 55.7 Å². The van der Waals surface area contributed by atoms with E-state index in [4.69, 9.17) is 39.5 Å². The number of carbonyl (C=O) groups is 6. The van der Waals surface area contributed by atoms with E-state index in [-0.39, 0.29) is 59.2 Å². The van der Waals surface area contributed by atoms with E-state index < -0.39 is 22.3 Å². The van der Waals surface area contributed by atoms with Gasteiger partial charge in [-0.25, -0.2) is 0 Å². The number of fused-ring (bicyclic) bond motifs is 6. The number of halogens is 6. The number of rotatable bonds is 4. The molecule has 1 fully saturated rings. The molecule has 0 saturated heterocycles. The van der Waals surface area contributed by atoms with Gasteiger partial charge in [0.05, 0.1) is 6.10 Å². The molecular formula is C58H43Br3Cl3N3O7. The molecule has 3 spiro atoms. The van der Waals surface area contributed by atoms with E-state index in [0.717, 1.165) is 46.8 Å². The fraction of sp³-hybridized carbons (Fsp3) is 0.207. The minimum absolute atomic E-state index is 0.0285. The standard InChI is InChI=1S/C20H17BrClNO3.2C19H13BrClNO2/c1-26-18-10-14(24)9-16(11-3-2-4-12(21)7-11)20(18)15-6-5-13(22)8-17(15)23-19(20)25;2*20-12-3-1-2-11(8-12)16-10-14(23)6-7-19(16)15-5-4-13(21)9-17(15)22-18(19)24/h2-8,16,18H,9-10H2,1H3,(H,23,25);2*1-9,16H,10H2,(H,22,24)/t16-,18-,20-;16-,19+;16-,19-/m010/s1. The number of amides is 3. The molecule has 74 heavy (non-hydrogen) atoms. The fourth-order valence-corrected chi connectivity index (χ4v) is 13.6. The van der Waals surface area contributed by atoms with Crippen LogP contribution in [0.4, 0.5) is 17.1 Å². The highest BCUT2D eigenvalue weighted by Crippen LogP contribution is 2.57. The van der Waals surface area contributed by atoms with Gasteiger partial charge >= 0.3 is 0 Å². The molecule has 3 aliphatic carbocycles. The van der Waals surface area contributed by atoms with Crippen LogP contribution in [0.2, 0.25) is 15.1 Å². The molecule has 3 N–H and O–H groups in total. The molecule has 0 unspecified atom stereocenters. The summed E-state index contributed by atoms with van der Waals surface area (Å²) in [7, 11) is 1.56. The van der Waals surface area contributed by atoms with Gasteiger partial charge < -0.3 is 20.7 Å². The van der Waals surface area contributed by atoms with Crippen LogP contribution < -0.4 is 16.0 Å². The predicted octanol–water partition coefficient (Wildman–Crippen LogP) is 13.7. The Balaban J connectivity index is 0.000000127. The first-order valence-corrected chi connectivity index (χ1v) is 27.1. The van der Waals surface area contributed by atoms with Crippen LogP contribution in [0.5, 0.6) is 0 Å². The van der Waals surface area contributed by atoms with Crippen LogP contribution in [0.25, 0.3) is 0 Å². The highest BCUT2D eigenvalue weighted by Gasteiger charge is 2.61. The summed E-state index contributed by atoms with van der Waals surface area (Å²) in [6, 6.07) is 39.6. The Bertz CT molecular complexity index is 3290. The van der Waals surface area contributed by atoms with Crippen molar-refractivity contribution in [2.45, 2.75) is 65.8 Å². The van der Waals surface area contributed by atoms with Gasteiger partial charge in [0.2, 0.25) is 17.7 Å². The first kappa shape index (κ1) is 52.0. The van der Waals surface area contributed by atoms with E-state index in [1.807, 2.05) is 91.0 Å². The molecular weight excluding hydrogens is 1200 g/mol. The third-order valence-electron chi connectivity index (χ3n) is 15.1. The van der Waals surface area contributed by atoms with Crippen molar-refractivity contribution in [1.82, 2.24) is 0 Å². The molecule has 10 nitrogen and oxygen atoms in total. The maximum Gasteiger partial charge on any atom is 0.239 e. The van der Waals surface area contributed by atoms with E-state index in [9.17, 15) is 28.8 Å². The quantitative estimate of drug-likeness (QED) is 0.159. The maximum absolute atomic E-state index is 13.3. The summed E-state index contributed by atoms with van der Waals surface area (Å²) in [6.45, 7) is 0. The van der Waals surface area contributed by atoms with Crippen molar-refractivity contribution in [3.63, 3.8) is 0 Å². The first-order chi connectivity index (χ1) is 35.5. The lowest BCUT2D eigenvalue weighted by Crippen LogP contribution is -2.55. The number of carbonyl (C=O) groups excluding carboxylic acids is 6. The molecule has 6 aliphatic rings. The molecule has 374 valence electrons. The van der Waals surface area contributed by atoms with Crippen LogP contribution in [0.1, 0.15) is 76.8 Å². The monoisotopic (exact) mass is 1230 g/mol. The minimum Gasteiger partial charge on any atom is -0.379 e. The van der Waals surface area contributed by atoms with Crippen LogP contribution in [0.15, 0.2) is 165 Å². The van der Waals surface area contributed by atoms with Crippen molar-refractivity contribution in [2.75, 3.05) is 23.1 Å². The van der Waals surface area contributed by atoms with Crippen molar-refractivity contribution in [3.8, 4) is 0 Å². The lowest BCUT2D eigenvalue weighted by molar-refractivity contribution is -0.137. The van der Waals surface area contributed by atoms with Crippen molar-refractivity contribution >= 4 is 135 Å². The Labute approximate surface area is 467 Å². The summed E-state index contributed by atoms with van der Waals surface area (Å²) >= 11 is 28.7. The topological polar surface area (TPSA) is 148 Å². The summed E-state index contributed by atoms with van der Waals surface area (Å²) in [6.07, 6.45) is 7.12. The van der Waals surface area contributed by atoms with Gasteiger partial charge in [-0.1, -0.05) is 149 Å². The number of methoxy groups -OCH3 is 1. The molecule has 3 amide bonds. The second-order valence-electron chi connectivity index (χ2n) is 19.0. The molecule has 0 radical (unpaired) electrons. The van der Waals surface area contributed by atoms with Crippen molar-refractivity contribution < 1.29 is 33.5 Å². The molecule has 0 aromatic heterocycles. The van der Waals surface area contributed by atoms with Crippen molar-refractivity contribution in [3.05, 3.63) is 214 Å². The van der Waals surface area contributed by atoms with E-state index in [1.165, 1.54) is 12.2 Å². The first-order valence-electron chi connectivity index (χ1n) is 23.6. The highest BCUT2D eigenvalue weighted by atomic mass is 79.9. The van der Waals surface area contributed by atoms with Crippen LogP contribution >= 0.6 is 82.6 Å². The van der Waals surface area contributed by atoms with Gasteiger partial charge in [-0.15, -0.1) is 0 Å². The molecule has 3 aliphatic heterocycles. The molecule has 1 saturated carbocycles. The zero-order chi connectivity index (χ0) is 52.3. The number of ketones is 3. The normalized spacial score (nSPS) is 25.9. The Kier molecular flexibility index (Phi) is 14.4. The Morgan fingerprint density at radius 1 is 0.473 bits per heavy atom. The smallest absolute Gasteiger partial charge is 0.239 e. The number of allylic oxidation sites excluding steroid dienone is 2. The summed E-state index contributed by atoms with van der Waals surface area (Å²) in [5, 5.41) is 10.5. The predicted molar refractivity (Wildman–Crippen MR) is 298 cm³/mol. The van der Waals surface area contributed by atoms with E-state index in [0.29, 0.717) is 51.4 Å². The summed E-state index contributed by atoms with van der Waals surface area (Å²) < 4.78 is 8.47. The molecule has 6 aromatic carbocycles. The van der Waals surface area contributed by atoms with Crippen LogP contribution in [-0.4, -0.2) is 48.3 Å². The molecule has 3 heterocycles. The van der Waals surface area contributed by atoms with Gasteiger partial charge in [0.1, 0.15) is 22.0 Å². The lowest BCUT2D eigenvalue weighted by atomic mass is 9.59. The maximum atomic E-state index is 13.3. The zero-order valence-corrected chi connectivity index (χ0v) is 46.2. The number of ether oxygens (including phenoxy) is 1. The van der Waals surface area contributed by atoms with Crippen molar-refractivity contribution in [2.24, 2.45) is 0 Å². The van der Waals surface area contributed by atoms with Gasteiger partial charge in [-0.05, 0) is 118 Å². The second-order valence-corrected chi connectivity index (χ2v) is 23.1. The van der Waals surface area contributed by atoms with Gasteiger partial charge in [-0.3, -0.25) is 28.8 Å². The average Bonchev–Trinajstić information content (AvgIpc) is 3.94. The third-order valence-corrected chi connectivity index (χ3v) is 17.3. The number of nitrogens with one attached hydrogen (secondary N) is 3. The van der Waals surface area contributed by atoms with Gasteiger partial charge in [-0.2, -0.15) is 0 Å². The average molecular weight is 1240 g/mol. The number of Topliss-reactive ketones (excluding diaryl/α,β-unsaturated/α-hetero) is 1. The third kappa shape index (κ3) is 9.05. The molecule has 12 rings (SSSR count). The fourth-order valence-electron chi connectivity index (χ4n) is 11.9. The number of hydrogen-bond donors (Lipinski definition) is 3. The molecule has 6 aromatic rings.